The van der Waals surface area contributed by atoms with Crippen LogP contribution >= 0.6 is 24.8 Å². The molecule has 2 amide bonds. The first-order valence-corrected chi connectivity index (χ1v) is 7.61. The van der Waals surface area contributed by atoms with Crippen molar-refractivity contribution in [2.75, 3.05) is 20.1 Å². The second kappa shape index (κ2) is 12.9. The number of rotatable bonds is 7. The number of aromatic nitrogens is 1. The Kier molecular flexibility index (Phi) is 11.7. The fourth-order valence-electron chi connectivity index (χ4n) is 1.97. The minimum Gasteiger partial charge on any atom is -0.349 e. The third kappa shape index (κ3) is 7.65. The Morgan fingerprint density at radius 1 is 1.04 bits per heavy atom. The molecule has 0 spiro atoms. The van der Waals surface area contributed by atoms with Gasteiger partial charge in [0.25, 0.3) is 11.8 Å². The van der Waals surface area contributed by atoms with Crippen molar-refractivity contribution in [3.8, 4) is 0 Å². The molecule has 0 aliphatic heterocycles. The smallest absolute Gasteiger partial charge is 0.267 e. The molecule has 6 nitrogen and oxygen atoms in total. The van der Waals surface area contributed by atoms with Crippen LogP contribution < -0.4 is 16.0 Å². The Labute approximate surface area is 165 Å². The summed E-state index contributed by atoms with van der Waals surface area (Å²) in [5, 5.41) is 8.37. The van der Waals surface area contributed by atoms with E-state index in [1.165, 1.54) is 0 Å². The van der Waals surface area contributed by atoms with Crippen LogP contribution in [0.3, 0.4) is 0 Å². The van der Waals surface area contributed by atoms with E-state index in [-0.39, 0.29) is 42.3 Å². The molecule has 0 bridgehead atoms. The largest absolute Gasteiger partial charge is 0.349 e. The van der Waals surface area contributed by atoms with Gasteiger partial charge >= 0.3 is 0 Å². The predicted molar refractivity (Wildman–Crippen MR) is 108 cm³/mol. The van der Waals surface area contributed by atoms with Gasteiger partial charge in [0.05, 0.1) is 0 Å². The van der Waals surface area contributed by atoms with Gasteiger partial charge in [0.15, 0.2) is 0 Å². The van der Waals surface area contributed by atoms with Crippen molar-refractivity contribution in [2.24, 2.45) is 0 Å². The van der Waals surface area contributed by atoms with Crippen LogP contribution in [0.25, 0.3) is 6.08 Å². The maximum atomic E-state index is 12.3. The van der Waals surface area contributed by atoms with E-state index in [0.29, 0.717) is 18.7 Å². The second-order valence-electron chi connectivity index (χ2n) is 5.02. The molecule has 26 heavy (non-hydrogen) atoms. The predicted octanol–water partition coefficient (Wildman–Crippen LogP) is 2.03. The van der Waals surface area contributed by atoms with Crippen LogP contribution in [0.4, 0.5) is 0 Å². The van der Waals surface area contributed by atoms with Crippen LogP contribution in [0.15, 0.2) is 60.6 Å². The summed E-state index contributed by atoms with van der Waals surface area (Å²) in [7, 11) is 1.80. The Morgan fingerprint density at radius 2 is 1.77 bits per heavy atom. The Balaban J connectivity index is 0.00000312. The van der Waals surface area contributed by atoms with Crippen LogP contribution in [0.5, 0.6) is 0 Å². The molecule has 140 valence electrons. The maximum Gasteiger partial charge on any atom is 0.267 e. The van der Waals surface area contributed by atoms with Crippen molar-refractivity contribution in [3.05, 3.63) is 71.7 Å². The third-order valence-electron chi connectivity index (χ3n) is 3.18. The molecule has 1 aromatic carbocycles. The number of pyridine rings is 1. The zero-order valence-electron chi connectivity index (χ0n) is 14.3. The van der Waals surface area contributed by atoms with Crippen LogP contribution in [-0.2, 0) is 4.79 Å². The molecule has 0 radical (unpaired) electrons. The third-order valence-corrected chi connectivity index (χ3v) is 3.18. The molecule has 0 atom stereocenters. The van der Waals surface area contributed by atoms with E-state index >= 15 is 0 Å². The zero-order chi connectivity index (χ0) is 17.2. The minimum atomic E-state index is -0.349. The highest BCUT2D eigenvalue weighted by atomic mass is 35.5. The van der Waals surface area contributed by atoms with Crippen molar-refractivity contribution < 1.29 is 9.59 Å². The summed E-state index contributed by atoms with van der Waals surface area (Å²) in [5.41, 5.74) is 1.38. The Bertz CT molecular complexity index is 710. The molecule has 3 N–H and O–H groups in total. The maximum absolute atomic E-state index is 12.3. The number of amides is 2. The number of hydrogen-bond acceptors (Lipinski definition) is 4. The van der Waals surface area contributed by atoms with Crippen LogP contribution in [0.2, 0.25) is 0 Å². The first-order chi connectivity index (χ1) is 11.7. The average molecular weight is 397 g/mol. The molecular weight excluding hydrogens is 375 g/mol. The lowest BCUT2D eigenvalue weighted by Gasteiger charge is -2.11. The van der Waals surface area contributed by atoms with E-state index in [1.54, 1.807) is 55.8 Å². The molecule has 2 aromatic rings. The van der Waals surface area contributed by atoms with Crippen LogP contribution in [0, 0.1) is 0 Å². The standard InChI is InChI=1S/C18H20N4O2.2ClH/c1-19-10-11-21-18(24)16(12-14-6-5-9-20-13-14)22-17(23)15-7-3-2-4-8-15;;/h2-9,12-13,19H,10-11H2,1H3,(H,21,24)(H,22,23);2*1H. The fraction of sp³-hybridized carbons (Fsp3) is 0.167. The normalized spacial score (nSPS) is 10.1. The van der Waals surface area contributed by atoms with E-state index in [4.69, 9.17) is 0 Å². The van der Waals surface area contributed by atoms with Gasteiger partial charge in [0, 0.05) is 31.0 Å². The quantitative estimate of drug-likeness (QED) is 0.493. The average Bonchev–Trinajstić information content (AvgIpc) is 2.63. The summed E-state index contributed by atoms with van der Waals surface area (Å²) < 4.78 is 0. The molecule has 8 heteroatoms. The first kappa shape index (κ1) is 23.6. The highest BCUT2D eigenvalue weighted by molar-refractivity contribution is 6.05. The summed E-state index contributed by atoms with van der Waals surface area (Å²) in [5.74, 6) is -0.687. The number of nitrogens with zero attached hydrogens (tertiary/aromatic N) is 1. The monoisotopic (exact) mass is 396 g/mol. The molecule has 0 aliphatic rings. The van der Waals surface area contributed by atoms with Gasteiger partial charge in [-0.15, -0.1) is 24.8 Å². The minimum absolute atomic E-state index is 0. The van der Waals surface area contributed by atoms with E-state index in [0.717, 1.165) is 5.56 Å². The molecule has 0 aliphatic carbocycles. The molecule has 0 unspecified atom stereocenters. The van der Waals surface area contributed by atoms with Gasteiger partial charge in [-0.05, 0) is 36.9 Å². The van der Waals surface area contributed by atoms with Gasteiger partial charge in [0.2, 0.25) is 0 Å². The molecular formula is C18H22Cl2N4O2. The number of carbonyl (C=O) groups is 2. The van der Waals surface area contributed by atoms with Gasteiger partial charge in [-0.2, -0.15) is 0 Å². The summed E-state index contributed by atoms with van der Waals surface area (Å²) in [4.78, 5) is 28.7. The molecule has 1 heterocycles. The van der Waals surface area contributed by atoms with Crippen molar-refractivity contribution >= 4 is 42.7 Å². The highest BCUT2D eigenvalue weighted by Gasteiger charge is 2.14. The number of carbonyl (C=O) groups excluding carboxylic acids is 2. The fourth-order valence-corrected chi connectivity index (χ4v) is 1.97. The molecule has 0 saturated carbocycles. The lowest BCUT2D eigenvalue weighted by atomic mass is 10.2. The second-order valence-corrected chi connectivity index (χ2v) is 5.02. The van der Waals surface area contributed by atoms with Gasteiger partial charge in [-0.3, -0.25) is 14.6 Å². The number of nitrogens with one attached hydrogen (secondary N) is 3. The van der Waals surface area contributed by atoms with Gasteiger partial charge in [0.1, 0.15) is 5.70 Å². The Morgan fingerprint density at radius 3 is 2.38 bits per heavy atom. The lowest BCUT2D eigenvalue weighted by Crippen LogP contribution is -2.37. The summed E-state index contributed by atoms with van der Waals surface area (Å²) in [6.07, 6.45) is 4.87. The van der Waals surface area contributed by atoms with Gasteiger partial charge in [-0.1, -0.05) is 24.3 Å². The highest BCUT2D eigenvalue weighted by Crippen LogP contribution is 2.06. The summed E-state index contributed by atoms with van der Waals surface area (Å²) in [6, 6.07) is 12.3. The molecule has 2 rings (SSSR count). The number of hydrogen-bond donors (Lipinski definition) is 3. The van der Waals surface area contributed by atoms with E-state index in [2.05, 4.69) is 20.9 Å². The van der Waals surface area contributed by atoms with Crippen molar-refractivity contribution in [2.45, 2.75) is 0 Å². The van der Waals surface area contributed by atoms with Crippen molar-refractivity contribution in [1.82, 2.24) is 20.9 Å². The molecule has 1 aromatic heterocycles. The molecule has 0 fully saturated rings. The number of benzene rings is 1. The number of halogens is 2. The molecule has 0 saturated heterocycles. The van der Waals surface area contributed by atoms with Gasteiger partial charge < -0.3 is 16.0 Å². The van der Waals surface area contributed by atoms with Gasteiger partial charge in [-0.25, -0.2) is 0 Å². The SMILES string of the molecule is CNCCNC(=O)C(=Cc1cccnc1)NC(=O)c1ccccc1.Cl.Cl. The zero-order valence-corrected chi connectivity index (χ0v) is 15.9. The lowest BCUT2D eigenvalue weighted by molar-refractivity contribution is -0.117. The topological polar surface area (TPSA) is 83.1 Å². The number of likely N-dealkylation sites (N-methyl/N-ethyl adjacent to an activating group) is 1. The van der Waals surface area contributed by atoms with Crippen LogP contribution in [0.1, 0.15) is 15.9 Å². The summed E-state index contributed by atoms with van der Waals surface area (Å²) in [6.45, 7) is 1.10. The van der Waals surface area contributed by atoms with Crippen LogP contribution in [-0.4, -0.2) is 36.9 Å². The van der Waals surface area contributed by atoms with E-state index in [9.17, 15) is 9.59 Å². The summed E-state index contributed by atoms with van der Waals surface area (Å²) >= 11 is 0. The Hall–Kier alpha value is -2.41. The first-order valence-electron chi connectivity index (χ1n) is 7.61. The van der Waals surface area contributed by atoms with E-state index in [1.807, 2.05) is 12.1 Å². The van der Waals surface area contributed by atoms with Crippen molar-refractivity contribution in [1.29, 1.82) is 0 Å². The van der Waals surface area contributed by atoms with Crippen molar-refractivity contribution in [3.63, 3.8) is 0 Å². The van der Waals surface area contributed by atoms with E-state index < -0.39 is 0 Å².